The van der Waals surface area contributed by atoms with Gasteiger partial charge in [-0.05, 0) is 29.8 Å². The van der Waals surface area contributed by atoms with Crippen LogP contribution < -0.4 is 10.3 Å². The number of thiophene rings is 1. The van der Waals surface area contributed by atoms with E-state index in [0.717, 1.165) is 22.6 Å². The predicted octanol–water partition coefficient (Wildman–Crippen LogP) is 2.72. The lowest BCUT2D eigenvalue weighted by Crippen LogP contribution is -2.16. The highest BCUT2D eigenvalue weighted by atomic mass is 32.1. The minimum absolute atomic E-state index is 0.294. The molecule has 0 aliphatic rings. The SMILES string of the molecule is CN(C)c1ccc(C=NNC(=O)c2ccc(F)s2)cc1. The van der Waals surface area contributed by atoms with E-state index in [9.17, 15) is 9.18 Å². The Morgan fingerprint density at radius 2 is 1.95 bits per heavy atom. The van der Waals surface area contributed by atoms with Gasteiger partial charge in [-0.2, -0.15) is 9.49 Å². The van der Waals surface area contributed by atoms with Gasteiger partial charge in [0.2, 0.25) is 0 Å². The van der Waals surface area contributed by atoms with Gasteiger partial charge in [0.1, 0.15) is 0 Å². The monoisotopic (exact) mass is 291 g/mol. The van der Waals surface area contributed by atoms with E-state index in [-0.39, 0.29) is 0 Å². The second kappa shape index (κ2) is 6.29. The third kappa shape index (κ3) is 3.64. The summed E-state index contributed by atoms with van der Waals surface area (Å²) >= 11 is 0.789. The van der Waals surface area contributed by atoms with Gasteiger partial charge in [0.05, 0.1) is 11.1 Å². The number of nitrogens with zero attached hydrogens (tertiary/aromatic N) is 2. The number of benzene rings is 1. The van der Waals surface area contributed by atoms with Crippen LogP contribution in [0.2, 0.25) is 0 Å². The summed E-state index contributed by atoms with van der Waals surface area (Å²) < 4.78 is 12.8. The Kier molecular flexibility index (Phi) is 4.47. The topological polar surface area (TPSA) is 44.7 Å². The van der Waals surface area contributed by atoms with Crippen LogP contribution in [0.15, 0.2) is 41.5 Å². The number of nitrogens with one attached hydrogen (secondary N) is 1. The van der Waals surface area contributed by atoms with Crippen molar-refractivity contribution in [1.29, 1.82) is 0 Å². The van der Waals surface area contributed by atoms with E-state index in [1.165, 1.54) is 12.1 Å². The molecule has 0 aliphatic carbocycles. The fourth-order valence-electron chi connectivity index (χ4n) is 1.52. The Morgan fingerprint density at radius 3 is 2.50 bits per heavy atom. The van der Waals surface area contributed by atoms with Gasteiger partial charge in [-0.3, -0.25) is 4.79 Å². The summed E-state index contributed by atoms with van der Waals surface area (Å²) in [6.07, 6.45) is 1.54. The quantitative estimate of drug-likeness (QED) is 0.695. The molecule has 0 saturated heterocycles. The molecule has 1 aromatic carbocycles. The standard InChI is InChI=1S/C14H14FN3OS/c1-18(2)11-5-3-10(4-6-11)9-16-17-14(19)12-7-8-13(15)20-12/h3-9H,1-2H3,(H,17,19). The van der Waals surface area contributed by atoms with E-state index < -0.39 is 11.0 Å². The van der Waals surface area contributed by atoms with Crippen LogP contribution in [0, 0.1) is 5.13 Å². The van der Waals surface area contributed by atoms with Crippen molar-refractivity contribution in [3.05, 3.63) is 52.0 Å². The number of hydrogen-bond donors (Lipinski definition) is 1. The Morgan fingerprint density at radius 1 is 1.25 bits per heavy atom. The molecule has 0 atom stereocenters. The molecule has 20 heavy (non-hydrogen) atoms. The third-order valence-corrected chi connectivity index (χ3v) is 3.46. The Labute approximate surface area is 120 Å². The van der Waals surface area contributed by atoms with Crippen molar-refractivity contribution in [2.75, 3.05) is 19.0 Å². The lowest BCUT2D eigenvalue weighted by atomic mass is 10.2. The lowest BCUT2D eigenvalue weighted by molar-refractivity contribution is 0.0959. The van der Waals surface area contributed by atoms with Crippen LogP contribution in [0.3, 0.4) is 0 Å². The van der Waals surface area contributed by atoms with Gasteiger partial charge >= 0.3 is 0 Å². The van der Waals surface area contributed by atoms with Gasteiger partial charge < -0.3 is 4.90 Å². The molecule has 6 heteroatoms. The largest absolute Gasteiger partial charge is 0.378 e. The van der Waals surface area contributed by atoms with E-state index in [0.29, 0.717) is 4.88 Å². The van der Waals surface area contributed by atoms with Crippen LogP contribution in [-0.4, -0.2) is 26.2 Å². The van der Waals surface area contributed by atoms with Gasteiger partial charge in [-0.1, -0.05) is 12.1 Å². The summed E-state index contributed by atoms with van der Waals surface area (Å²) in [4.78, 5) is 13.9. The molecule has 1 N–H and O–H groups in total. The molecule has 104 valence electrons. The Hall–Kier alpha value is -2.21. The normalized spacial score (nSPS) is 10.8. The van der Waals surface area contributed by atoms with Crippen molar-refractivity contribution in [2.45, 2.75) is 0 Å². The van der Waals surface area contributed by atoms with Gasteiger partial charge in [-0.25, -0.2) is 5.43 Å². The molecule has 0 bridgehead atoms. The summed E-state index contributed by atoms with van der Waals surface area (Å²) in [6, 6.07) is 10.4. The second-order valence-electron chi connectivity index (χ2n) is 4.29. The van der Waals surface area contributed by atoms with Crippen molar-refractivity contribution < 1.29 is 9.18 Å². The number of halogens is 1. The summed E-state index contributed by atoms with van der Waals surface area (Å²) in [5.41, 5.74) is 4.31. The zero-order valence-electron chi connectivity index (χ0n) is 11.1. The smallest absolute Gasteiger partial charge is 0.281 e. The molecule has 0 saturated carbocycles. The van der Waals surface area contributed by atoms with Crippen LogP contribution in [-0.2, 0) is 0 Å². The van der Waals surface area contributed by atoms with E-state index in [4.69, 9.17) is 0 Å². The minimum atomic E-state index is -0.417. The van der Waals surface area contributed by atoms with Crippen molar-refractivity contribution in [3.63, 3.8) is 0 Å². The van der Waals surface area contributed by atoms with Crippen molar-refractivity contribution in [1.82, 2.24) is 5.43 Å². The average Bonchev–Trinajstić information content (AvgIpc) is 2.86. The number of anilines is 1. The molecule has 0 radical (unpaired) electrons. The number of hydrogen-bond acceptors (Lipinski definition) is 4. The molecule has 4 nitrogen and oxygen atoms in total. The molecule has 2 aromatic rings. The Balaban J connectivity index is 1.94. The minimum Gasteiger partial charge on any atom is -0.378 e. The molecular formula is C14H14FN3OS. The number of carbonyl (C=O) groups is 1. The van der Waals surface area contributed by atoms with Crippen molar-refractivity contribution in [3.8, 4) is 0 Å². The fraction of sp³-hybridized carbons (Fsp3) is 0.143. The number of hydrazone groups is 1. The molecule has 1 amide bonds. The van der Waals surface area contributed by atoms with Crippen LogP contribution in [0.25, 0.3) is 0 Å². The van der Waals surface area contributed by atoms with Crippen LogP contribution in [0.1, 0.15) is 15.2 Å². The first-order chi connectivity index (χ1) is 9.56. The van der Waals surface area contributed by atoms with Crippen LogP contribution >= 0.6 is 11.3 Å². The fourth-order valence-corrected chi connectivity index (χ4v) is 2.14. The van der Waals surface area contributed by atoms with E-state index in [1.807, 2.05) is 43.3 Å². The van der Waals surface area contributed by atoms with E-state index in [1.54, 1.807) is 6.21 Å². The predicted molar refractivity (Wildman–Crippen MR) is 80.1 cm³/mol. The first-order valence-corrected chi connectivity index (χ1v) is 6.74. The molecule has 2 rings (SSSR count). The molecule has 0 unspecified atom stereocenters. The molecule has 1 heterocycles. The molecule has 0 aliphatic heterocycles. The number of carbonyl (C=O) groups excluding carboxylic acids is 1. The summed E-state index contributed by atoms with van der Waals surface area (Å²) in [5, 5.41) is 3.46. The zero-order valence-corrected chi connectivity index (χ0v) is 11.9. The maximum absolute atomic E-state index is 12.8. The lowest BCUT2D eigenvalue weighted by Gasteiger charge is -2.11. The molecule has 0 fully saturated rings. The van der Waals surface area contributed by atoms with Crippen molar-refractivity contribution >= 4 is 29.1 Å². The van der Waals surface area contributed by atoms with Gasteiger partial charge in [0.25, 0.3) is 5.91 Å². The summed E-state index contributed by atoms with van der Waals surface area (Å²) in [5.74, 6) is -0.417. The summed E-state index contributed by atoms with van der Waals surface area (Å²) in [7, 11) is 3.92. The van der Waals surface area contributed by atoms with Crippen molar-refractivity contribution in [2.24, 2.45) is 5.10 Å². The first kappa shape index (κ1) is 14.2. The summed E-state index contributed by atoms with van der Waals surface area (Å²) in [6.45, 7) is 0. The van der Waals surface area contributed by atoms with E-state index >= 15 is 0 Å². The van der Waals surface area contributed by atoms with Crippen LogP contribution in [0.5, 0.6) is 0 Å². The molecular weight excluding hydrogens is 277 g/mol. The first-order valence-electron chi connectivity index (χ1n) is 5.92. The number of rotatable bonds is 4. The Bertz CT molecular complexity index is 620. The second-order valence-corrected chi connectivity index (χ2v) is 5.32. The maximum Gasteiger partial charge on any atom is 0.281 e. The average molecular weight is 291 g/mol. The van der Waals surface area contributed by atoms with Gasteiger partial charge in [-0.15, -0.1) is 11.3 Å². The number of amides is 1. The zero-order chi connectivity index (χ0) is 14.5. The van der Waals surface area contributed by atoms with Gasteiger partial charge in [0.15, 0.2) is 5.13 Å². The highest BCUT2D eigenvalue weighted by Crippen LogP contribution is 2.14. The highest BCUT2D eigenvalue weighted by Gasteiger charge is 2.07. The highest BCUT2D eigenvalue weighted by molar-refractivity contribution is 7.12. The third-order valence-electron chi connectivity index (χ3n) is 2.59. The van der Waals surface area contributed by atoms with Crippen LogP contribution in [0.4, 0.5) is 10.1 Å². The maximum atomic E-state index is 12.8. The molecule has 0 spiro atoms. The van der Waals surface area contributed by atoms with Gasteiger partial charge in [0, 0.05) is 19.8 Å². The van der Waals surface area contributed by atoms with E-state index in [2.05, 4.69) is 10.5 Å². The molecule has 1 aromatic heterocycles.